The number of carbonyl (C=O) groups excluding carboxylic acids is 1. The molecule has 7 rings (SSSR count). The highest BCUT2D eigenvalue weighted by Crippen LogP contribution is 2.59. The number of hydrogen-bond acceptors (Lipinski definition) is 6. The summed E-state index contributed by atoms with van der Waals surface area (Å²) < 4.78 is 50.7. The summed E-state index contributed by atoms with van der Waals surface area (Å²) in [6.45, 7) is 11.4. The molecule has 2 aromatic carbocycles. The van der Waals surface area contributed by atoms with Gasteiger partial charge in [-0.1, -0.05) is 36.4 Å². The van der Waals surface area contributed by atoms with E-state index in [0.29, 0.717) is 36.0 Å². The second kappa shape index (κ2) is 11.5. The Labute approximate surface area is 264 Å². The van der Waals surface area contributed by atoms with Gasteiger partial charge in [0.2, 0.25) is 6.54 Å². The van der Waals surface area contributed by atoms with Crippen molar-refractivity contribution in [2.75, 3.05) is 51.3 Å². The molecule has 4 aliphatic rings. The monoisotopic (exact) mass is 636 g/mol. The fourth-order valence-corrected chi connectivity index (χ4v) is 7.67. The number of aromatic nitrogens is 2. The van der Waals surface area contributed by atoms with E-state index in [1.54, 1.807) is 6.07 Å². The first-order valence-corrected chi connectivity index (χ1v) is 15.5. The van der Waals surface area contributed by atoms with Gasteiger partial charge in [0.05, 0.1) is 5.02 Å². The Morgan fingerprint density at radius 2 is 2.04 bits per heavy atom. The molecule has 2 unspecified atom stereocenters. The van der Waals surface area contributed by atoms with Crippen LogP contribution in [-0.2, 0) is 11.2 Å². The van der Waals surface area contributed by atoms with Gasteiger partial charge < -0.3 is 19.4 Å². The highest BCUT2D eigenvalue weighted by molar-refractivity contribution is 6.34. The number of benzene rings is 2. The maximum absolute atomic E-state index is 16.8. The highest BCUT2D eigenvalue weighted by atomic mass is 35.5. The molecule has 3 heterocycles. The molecule has 3 fully saturated rings. The van der Waals surface area contributed by atoms with E-state index in [0.717, 1.165) is 24.0 Å². The summed E-state index contributed by atoms with van der Waals surface area (Å²) in [5.74, 6) is -1.22. The lowest BCUT2D eigenvalue weighted by molar-refractivity contribution is -0.131. The zero-order valence-electron chi connectivity index (χ0n) is 24.8. The molecule has 0 N–H and O–H groups in total. The van der Waals surface area contributed by atoms with Crippen LogP contribution in [0, 0.1) is 18.3 Å². The number of halogens is 4. The molecule has 0 radical (unpaired) electrons. The van der Waals surface area contributed by atoms with Crippen LogP contribution >= 0.6 is 11.6 Å². The molecule has 234 valence electrons. The molecule has 2 aliphatic heterocycles. The number of carbonyl (C=O) groups is 1. The Hall–Kier alpha value is -3.88. The number of hydrogen-bond donors (Lipinski definition) is 0. The third kappa shape index (κ3) is 5.28. The molecule has 1 saturated carbocycles. The molecule has 8 nitrogen and oxygen atoms in total. The Bertz CT molecular complexity index is 1760. The van der Waals surface area contributed by atoms with Crippen LogP contribution in [0.5, 0.6) is 6.01 Å². The predicted molar refractivity (Wildman–Crippen MR) is 165 cm³/mol. The first-order chi connectivity index (χ1) is 21.6. The average molecular weight is 637 g/mol. The minimum Gasteiger partial charge on any atom is -0.462 e. The lowest BCUT2D eigenvalue weighted by atomic mass is 9.93. The number of amides is 1. The predicted octanol–water partition coefficient (Wildman–Crippen LogP) is 5.59. The SMILES string of the molecule is [C-]#[N+]C[C@H]1CN(c2nc(OC[C@@H]3C[C@@H](F)CN3C)nc3c(F)c(-c4cccc5c4C4CC4C5)c(Cl)cc23)CCN1C(=O)C(=C)F. The van der Waals surface area contributed by atoms with E-state index in [4.69, 9.17) is 22.9 Å². The van der Waals surface area contributed by atoms with Crippen molar-refractivity contribution in [1.29, 1.82) is 0 Å². The van der Waals surface area contributed by atoms with Gasteiger partial charge in [0, 0.05) is 43.2 Å². The number of likely N-dealkylation sites (N-methyl/N-ethyl adjacent to an activating group) is 1. The Morgan fingerprint density at radius 3 is 2.78 bits per heavy atom. The minimum absolute atomic E-state index is 0.0258. The smallest absolute Gasteiger partial charge is 0.319 e. The first kappa shape index (κ1) is 29.8. The van der Waals surface area contributed by atoms with Gasteiger partial charge >= 0.3 is 6.01 Å². The maximum atomic E-state index is 16.8. The Morgan fingerprint density at radius 1 is 1.22 bits per heavy atom. The normalized spacial score (nSPS) is 25.6. The number of ether oxygens (including phenoxy) is 1. The topological polar surface area (TPSA) is 66.2 Å². The summed E-state index contributed by atoms with van der Waals surface area (Å²) in [5.41, 5.74) is 3.44. The molecule has 3 aromatic rings. The van der Waals surface area contributed by atoms with Crippen LogP contribution < -0.4 is 9.64 Å². The van der Waals surface area contributed by atoms with Crippen LogP contribution in [0.3, 0.4) is 0 Å². The van der Waals surface area contributed by atoms with Gasteiger partial charge in [0.15, 0.2) is 11.6 Å². The molecule has 1 aromatic heterocycles. The van der Waals surface area contributed by atoms with Crippen molar-refractivity contribution in [2.45, 2.75) is 43.4 Å². The molecule has 5 atom stereocenters. The summed E-state index contributed by atoms with van der Waals surface area (Å²) in [4.78, 5) is 30.2. The Kier molecular flexibility index (Phi) is 7.61. The number of piperazine rings is 1. The van der Waals surface area contributed by atoms with Gasteiger partial charge in [0.1, 0.15) is 30.2 Å². The van der Waals surface area contributed by atoms with E-state index in [2.05, 4.69) is 27.5 Å². The van der Waals surface area contributed by atoms with E-state index in [1.165, 1.54) is 10.5 Å². The molecule has 2 aliphatic carbocycles. The average Bonchev–Trinajstić information content (AvgIpc) is 3.55. The zero-order chi connectivity index (χ0) is 31.6. The molecule has 1 amide bonds. The number of likely N-dealkylation sites (tertiary alicyclic amines) is 1. The number of anilines is 1. The van der Waals surface area contributed by atoms with Gasteiger partial charge in [-0.2, -0.15) is 9.97 Å². The summed E-state index contributed by atoms with van der Waals surface area (Å²) >= 11 is 6.88. The van der Waals surface area contributed by atoms with Crippen molar-refractivity contribution in [3.05, 3.63) is 70.1 Å². The lowest BCUT2D eigenvalue weighted by Crippen LogP contribution is -2.56. The molecular formula is C33H32ClF3N6O2. The summed E-state index contributed by atoms with van der Waals surface area (Å²) in [6, 6.07) is 6.67. The molecular weight excluding hydrogens is 605 g/mol. The van der Waals surface area contributed by atoms with Crippen LogP contribution in [0.15, 0.2) is 36.7 Å². The van der Waals surface area contributed by atoms with Crippen LogP contribution in [0.2, 0.25) is 5.02 Å². The van der Waals surface area contributed by atoms with Crippen molar-refractivity contribution in [1.82, 2.24) is 19.8 Å². The second-order valence-electron chi connectivity index (χ2n) is 12.5. The standard InChI is InChI=1S/C33H32ClF3N6O2/c1-17(35)32(44)43-8-7-42(15-22(43)13-38-2)31-25-12-26(34)28(23-6-4-5-18-9-19-10-24(19)27(18)23)29(37)30(25)39-33(40-31)45-16-21-11-20(36)14-41(21)3/h4-6,12,19-22,24H,1,7-11,13-16H2,3H3/t19?,20-,21+,22+,24?/m1/s1. The summed E-state index contributed by atoms with van der Waals surface area (Å²) in [7, 11) is 1.82. The molecule has 12 heteroatoms. The number of alkyl halides is 1. The third-order valence-electron chi connectivity index (χ3n) is 9.70. The first-order valence-electron chi connectivity index (χ1n) is 15.2. The third-order valence-corrected chi connectivity index (χ3v) is 10.0. The second-order valence-corrected chi connectivity index (χ2v) is 12.9. The van der Waals surface area contributed by atoms with Crippen molar-refractivity contribution in [3.63, 3.8) is 0 Å². The van der Waals surface area contributed by atoms with Gasteiger partial charge in [-0.05, 0) is 60.9 Å². The van der Waals surface area contributed by atoms with Crippen molar-refractivity contribution >= 4 is 34.2 Å². The number of rotatable bonds is 7. The van der Waals surface area contributed by atoms with Gasteiger partial charge in [-0.15, -0.1) is 0 Å². The maximum Gasteiger partial charge on any atom is 0.319 e. The molecule has 0 bridgehead atoms. The fourth-order valence-electron chi connectivity index (χ4n) is 7.38. The zero-order valence-corrected chi connectivity index (χ0v) is 25.5. The fraction of sp³-hybridized carbons (Fsp3) is 0.455. The minimum atomic E-state index is -1.10. The van der Waals surface area contributed by atoms with Crippen molar-refractivity contribution in [3.8, 4) is 17.1 Å². The highest BCUT2D eigenvalue weighted by Gasteiger charge is 2.46. The Balaban J connectivity index is 1.32. The van der Waals surface area contributed by atoms with E-state index < -0.39 is 29.8 Å². The lowest BCUT2D eigenvalue weighted by Gasteiger charge is -2.39. The quantitative estimate of drug-likeness (QED) is 0.249. The van der Waals surface area contributed by atoms with E-state index in [1.807, 2.05) is 29.0 Å². The van der Waals surface area contributed by atoms with Gasteiger partial charge in [-0.3, -0.25) is 9.69 Å². The molecule has 45 heavy (non-hydrogen) atoms. The number of nitrogens with zero attached hydrogens (tertiary/aromatic N) is 6. The summed E-state index contributed by atoms with van der Waals surface area (Å²) in [6.07, 6.45) is 1.42. The van der Waals surface area contributed by atoms with E-state index >= 15 is 4.39 Å². The van der Waals surface area contributed by atoms with E-state index in [-0.39, 0.29) is 60.9 Å². The molecule has 0 spiro atoms. The summed E-state index contributed by atoms with van der Waals surface area (Å²) in [5, 5.41) is 0.571. The van der Waals surface area contributed by atoms with E-state index in [9.17, 15) is 13.6 Å². The molecule has 2 saturated heterocycles. The van der Waals surface area contributed by atoms with Gasteiger partial charge in [0.25, 0.3) is 5.91 Å². The van der Waals surface area contributed by atoms with Gasteiger partial charge in [-0.25, -0.2) is 19.7 Å². The van der Waals surface area contributed by atoms with Crippen LogP contribution in [0.25, 0.3) is 26.9 Å². The number of fused-ring (bicyclic) bond motifs is 4. The largest absolute Gasteiger partial charge is 0.462 e. The van der Waals surface area contributed by atoms with Crippen LogP contribution in [0.1, 0.15) is 29.9 Å². The van der Waals surface area contributed by atoms with Crippen molar-refractivity contribution < 1.29 is 22.7 Å². The van der Waals surface area contributed by atoms with Crippen LogP contribution in [0.4, 0.5) is 19.0 Å². The van der Waals surface area contributed by atoms with Crippen LogP contribution in [-0.4, -0.2) is 90.3 Å². The van der Waals surface area contributed by atoms with Crippen molar-refractivity contribution in [2.24, 2.45) is 5.92 Å².